The van der Waals surface area contributed by atoms with Crippen molar-refractivity contribution in [1.29, 1.82) is 0 Å². The number of ketones is 1. The Balaban J connectivity index is 1.72. The van der Waals surface area contributed by atoms with Crippen molar-refractivity contribution in [3.63, 3.8) is 0 Å². The largest absolute Gasteiger partial charge is 0.497 e. The Labute approximate surface area is 118 Å². The van der Waals surface area contributed by atoms with Gasteiger partial charge in [-0.1, -0.05) is 12.1 Å². The number of Topliss-reactive ketones (excluding diaryl/α,β-unsaturated/α-hetero) is 1. The molecule has 1 heterocycles. The van der Waals surface area contributed by atoms with E-state index in [0.717, 1.165) is 11.3 Å². The molecule has 0 atom stereocenters. The zero-order valence-electron chi connectivity index (χ0n) is 11.7. The smallest absolute Gasteiger partial charge is 0.234 e. The third kappa shape index (κ3) is 4.35. The first-order valence-corrected chi connectivity index (χ1v) is 6.81. The fourth-order valence-electron chi connectivity index (χ4n) is 2.16. The van der Waals surface area contributed by atoms with Crippen molar-refractivity contribution in [2.75, 3.05) is 26.7 Å². The van der Waals surface area contributed by atoms with Crippen LogP contribution in [0, 0.1) is 0 Å². The molecule has 1 N–H and O–H groups in total. The summed E-state index contributed by atoms with van der Waals surface area (Å²) in [5, 5.41) is 2.89. The Hall–Kier alpha value is -1.88. The number of hydrogen-bond acceptors (Lipinski definition) is 4. The number of carbonyl (C=O) groups excluding carboxylic acids is 2. The molecule has 0 aromatic heterocycles. The standard InChI is InChI=1S/C15H20N2O3/c1-20-14-4-2-12(3-5-14)10-16-15(19)11-17-8-6-13(18)7-9-17/h2-5H,6-11H2,1H3,(H,16,19). The van der Waals surface area contributed by atoms with Gasteiger partial charge >= 0.3 is 0 Å². The molecule has 1 fully saturated rings. The normalized spacial score (nSPS) is 15.9. The van der Waals surface area contributed by atoms with Gasteiger partial charge in [0, 0.05) is 32.5 Å². The van der Waals surface area contributed by atoms with E-state index < -0.39 is 0 Å². The number of ether oxygens (including phenoxy) is 1. The van der Waals surface area contributed by atoms with Crippen LogP contribution in [0.2, 0.25) is 0 Å². The van der Waals surface area contributed by atoms with Crippen LogP contribution >= 0.6 is 0 Å². The maximum Gasteiger partial charge on any atom is 0.234 e. The fourth-order valence-corrected chi connectivity index (χ4v) is 2.16. The van der Waals surface area contributed by atoms with E-state index in [0.29, 0.717) is 44.8 Å². The molecule has 5 nitrogen and oxygen atoms in total. The van der Waals surface area contributed by atoms with E-state index in [4.69, 9.17) is 4.74 Å². The molecule has 1 aliphatic heterocycles. The van der Waals surface area contributed by atoms with Crippen LogP contribution in [0.5, 0.6) is 5.75 Å². The highest BCUT2D eigenvalue weighted by molar-refractivity contribution is 5.81. The highest BCUT2D eigenvalue weighted by Gasteiger charge is 2.17. The van der Waals surface area contributed by atoms with Gasteiger partial charge in [-0.2, -0.15) is 0 Å². The maximum absolute atomic E-state index is 11.8. The molecule has 5 heteroatoms. The first-order valence-electron chi connectivity index (χ1n) is 6.81. The van der Waals surface area contributed by atoms with Gasteiger partial charge in [0.25, 0.3) is 0 Å². The summed E-state index contributed by atoms with van der Waals surface area (Å²) in [6, 6.07) is 7.60. The van der Waals surface area contributed by atoms with E-state index in [1.165, 1.54) is 0 Å². The highest BCUT2D eigenvalue weighted by atomic mass is 16.5. The van der Waals surface area contributed by atoms with Crippen molar-refractivity contribution in [3.8, 4) is 5.75 Å². The number of hydrogen-bond donors (Lipinski definition) is 1. The molecular weight excluding hydrogens is 256 g/mol. The molecule has 20 heavy (non-hydrogen) atoms. The fraction of sp³-hybridized carbons (Fsp3) is 0.467. The lowest BCUT2D eigenvalue weighted by Gasteiger charge is -2.24. The Morgan fingerprint density at radius 3 is 2.50 bits per heavy atom. The summed E-state index contributed by atoms with van der Waals surface area (Å²) in [6.45, 7) is 2.25. The molecule has 0 saturated carbocycles. The van der Waals surface area contributed by atoms with E-state index in [1.54, 1.807) is 7.11 Å². The number of piperidine rings is 1. The summed E-state index contributed by atoms with van der Waals surface area (Å²) in [5.41, 5.74) is 1.04. The number of nitrogens with one attached hydrogen (secondary N) is 1. The van der Waals surface area contributed by atoms with Crippen molar-refractivity contribution >= 4 is 11.7 Å². The second-order valence-electron chi connectivity index (χ2n) is 4.94. The predicted octanol–water partition coefficient (Wildman–Crippen LogP) is 0.976. The van der Waals surface area contributed by atoms with E-state index in [2.05, 4.69) is 5.32 Å². The Morgan fingerprint density at radius 2 is 1.90 bits per heavy atom. The van der Waals surface area contributed by atoms with Crippen LogP contribution in [-0.2, 0) is 16.1 Å². The molecule has 1 saturated heterocycles. The molecule has 1 amide bonds. The summed E-state index contributed by atoms with van der Waals surface area (Å²) in [4.78, 5) is 25.0. The van der Waals surface area contributed by atoms with Crippen LogP contribution in [0.15, 0.2) is 24.3 Å². The monoisotopic (exact) mass is 276 g/mol. The molecule has 0 unspecified atom stereocenters. The number of carbonyl (C=O) groups is 2. The molecule has 1 aromatic rings. The van der Waals surface area contributed by atoms with Gasteiger partial charge in [0.2, 0.25) is 5.91 Å². The number of methoxy groups -OCH3 is 1. The van der Waals surface area contributed by atoms with Gasteiger partial charge < -0.3 is 10.1 Å². The molecule has 0 spiro atoms. The number of nitrogens with zero attached hydrogens (tertiary/aromatic N) is 1. The SMILES string of the molecule is COc1ccc(CNC(=O)CN2CCC(=O)CC2)cc1. The lowest BCUT2D eigenvalue weighted by Crippen LogP contribution is -2.41. The first kappa shape index (κ1) is 14.5. The second kappa shape index (κ2) is 7.05. The minimum absolute atomic E-state index is 0.00447. The van der Waals surface area contributed by atoms with Gasteiger partial charge in [-0.15, -0.1) is 0 Å². The third-order valence-electron chi connectivity index (χ3n) is 3.43. The first-order chi connectivity index (χ1) is 9.67. The van der Waals surface area contributed by atoms with Crippen molar-refractivity contribution in [3.05, 3.63) is 29.8 Å². The average Bonchev–Trinajstić information content (AvgIpc) is 2.48. The number of benzene rings is 1. The summed E-state index contributed by atoms with van der Waals surface area (Å²) in [5.74, 6) is 1.09. The Morgan fingerprint density at radius 1 is 1.25 bits per heavy atom. The van der Waals surface area contributed by atoms with Crippen LogP contribution < -0.4 is 10.1 Å². The van der Waals surface area contributed by atoms with Crippen molar-refractivity contribution in [2.45, 2.75) is 19.4 Å². The molecule has 1 aromatic carbocycles. The zero-order chi connectivity index (χ0) is 14.4. The molecule has 2 rings (SSSR count). The summed E-state index contributed by atoms with van der Waals surface area (Å²) in [6.07, 6.45) is 1.12. The predicted molar refractivity (Wildman–Crippen MR) is 75.5 cm³/mol. The van der Waals surface area contributed by atoms with Crippen LogP contribution in [0.1, 0.15) is 18.4 Å². The molecule has 1 aliphatic rings. The van der Waals surface area contributed by atoms with Crippen LogP contribution in [-0.4, -0.2) is 43.3 Å². The van der Waals surface area contributed by atoms with Crippen LogP contribution in [0.3, 0.4) is 0 Å². The van der Waals surface area contributed by atoms with Gasteiger partial charge in [0.15, 0.2) is 0 Å². The highest BCUT2D eigenvalue weighted by Crippen LogP contribution is 2.11. The van der Waals surface area contributed by atoms with E-state index in [1.807, 2.05) is 29.2 Å². The summed E-state index contributed by atoms with van der Waals surface area (Å²) in [7, 11) is 1.63. The quantitative estimate of drug-likeness (QED) is 0.871. The topological polar surface area (TPSA) is 58.6 Å². The number of rotatable bonds is 5. The van der Waals surface area contributed by atoms with Gasteiger partial charge in [0.05, 0.1) is 13.7 Å². The summed E-state index contributed by atoms with van der Waals surface area (Å²) < 4.78 is 5.08. The molecular formula is C15H20N2O3. The van der Waals surface area contributed by atoms with E-state index in [9.17, 15) is 9.59 Å². The van der Waals surface area contributed by atoms with E-state index >= 15 is 0 Å². The minimum atomic E-state index is -0.00447. The molecule has 0 radical (unpaired) electrons. The second-order valence-corrected chi connectivity index (χ2v) is 4.94. The van der Waals surface area contributed by atoms with Crippen LogP contribution in [0.4, 0.5) is 0 Å². The zero-order valence-corrected chi connectivity index (χ0v) is 11.7. The molecule has 0 bridgehead atoms. The number of likely N-dealkylation sites (tertiary alicyclic amines) is 1. The van der Waals surface area contributed by atoms with Crippen molar-refractivity contribution in [2.24, 2.45) is 0 Å². The molecule has 108 valence electrons. The van der Waals surface area contributed by atoms with Crippen LogP contribution in [0.25, 0.3) is 0 Å². The maximum atomic E-state index is 11.8. The van der Waals surface area contributed by atoms with Gasteiger partial charge in [-0.25, -0.2) is 0 Å². The van der Waals surface area contributed by atoms with Crippen molar-refractivity contribution < 1.29 is 14.3 Å². The summed E-state index contributed by atoms with van der Waals surface area (Å²) >= 11 is 0. The Bertz CT molecular complexity index is 461. The van der Waals surface area contributed by atoms with Gasteiger partial charge in [0.1, 0.15) is 11.5 Å². The molecule has 0 aliphatic carbocycles. The minimum Gasteiger partial charge on any atom is -0.497 e. The lowest BCUT2D eigenvalue weighted by molar-refractivity contribution is -0.126. The van der Waals surface area contributed by atoms with Gasteiger partial charge in [-0.3, -0.25) is 14.5 Å². The van der Waals surface area contributed by atoms with Crippen molar-refractivity contribution in [1.82, 2.24) is 10.2 Å². The third-order valence-corrected chi connectivity index (χ3v) is 3.43. The average molecular weight is 276 g/mol. The number of amides is 1. The van der Waals surface area contributed by atoms with E-state index in [-0.39, 0.29) is 5.91 Å². The lowest BCUT2D eigenvalue weighted by atomic mass is 10.1. The van der Waals surface area contributed by atoms with Gasteiger partial charge in [-0.05, 0) is 17.7 Å². The Kier molecular flexibility index (Phi) is 5.12.